The second kappa shape index (κ2) is 4.51. The van der Waals surface area contributed by atoms with Gasteiger partial charge in [0.25, 0.3) is 0 Å². The van der Waals surface area contributed by atoms with Gasteiger partial charge in [-0.3, -0.25) is 0 Å². The van der Waals surface area contributed by atoms with Crippen molar-refractivity contribution < 1.29 is 24.2 Å². The molecule has 1 aliphatic carbocycles. The van der Waals surface area contributed by atoms with Crippen molar-refractivity contribution in [3.8, 4) is 0 Å². The van der Waals surface area contributed by atoms with Gasteiger partial charge in [-0.1, -0.05) is 24.3 Å². The first-order valence-electron chi connectivity index (χ1n) is 5.68. The molecule has 5 nitrogen and oxygen atoms in total. The highest BCUT2D eigenvalue weighted by Gasteiger charge is 2.46. The molecule has 100 valence electrons. The van der Waals surface area contributed by atoms with Gasteiger partial charge in [-0.05, 0) is 18.1 Å². The summed E-state index contributed by atoms with van der Waals surface area (Å²) in [7, 11) is 2.42. The van der Waals surface area contributed by atoms with Gasteiger partial charge < -0.3 is 14.6 Å². The fourth-order valence-corrected chi connectivity index (χ4v) is 2.36. The van der Waals surface area contributed by atoms with Gasteiger partial charge in [-0.2, -0.15) is 0 Å². The maximum absolute atomic E-state index is 11.9. The van der Waals surface area contributed by atoms with Crippen LogP contribution in [-0.4, -0.2) is 31.3 Å². The standard InChI is InChI=1S/C14H14O5/c1-14(17)9-7-5-4-6-8(9)10(12(15)18-2)11(14)13(16)19-3/h4-7,17H,1-3H3. The van der Waals surface area contributed by atoms with Crippen molar-refractivity contribution in [1.29, 1.82) is 0 Å². The highest BCUT2D eigenvalue weighted by molar-refractivity contribution is 6.25. The minimum Gasteiger partial charge on any atom is -0.466 e. The van der Waals surface area contributed by atoms with E-state index in [4.69, 9.17) is 4.74 Å². The van der Waals surface area contributed by atoms with E-state index in [2.05, 4.69) is 4.74 Å². The van der Waals surface area contributed by atoms with Crippen LogP contribution in [0.15, 0.2) is 29.8 Å². The predicted molar refractivity (Wildman–Crippen MR) is 67.0 cm³/mol. The number of methoxy groups -OCH3 is 2. The van der Waals surface area contributed by atoms with Crippen LogP contribution in [0.4, 0.5) is 0 Å². The van der Waals surface area contributed by atoms with Crippen LogP contribution in [-0.2, 0) is 24.7 Å². The summed E-state index contributed by atoms with van der Waals surface area (Å²) in [5.41, 5.74) is -0.652. The maximum Gasteiger partial charge on any atom is 0.339 e. The Bertz CT molecular complexity index is 583. The molecule has 0 bridgehead atoms. The predicted octanol–water partition coefficient (Wildman–Crippen LogP) is 1.01. The van der Waals surface area contributed by atoms with Crippen LogP contribution in [0.1, 0.15) is 18.1 Å². The molecular formula is C14H14O5. The summed E-state index contributed by atoms with van der Waals surface area (Å²) < 4.78 is 9.35. The van der Waals surface area contributed by atoms with Gasteiger partial charge in [0.15, 0.2) is 0 Å². The lowest BCUT2D eigenvalue weighted by atomic mass is 9.92. The van der Waals surface area contributed by atoms with Crippen LogP contribution in [0, 0.1) is 0 Å². The Labute approximate surface area is 110 Å². The zero-order valence-corrected chi connectivity index (χ0v) is 10.9. The number of rotatable bonds is 2. The van der Waals surface area contributed by atoms with Crippen LogP contribution in [0.2, 0.25) is 0 Å². The number of esters is 2. The Morgan fingerprint density at radius 1 is 1.11 bits per heavy atom. The lowest BCUT2D eigenvalue weighted by Crippen LogP contribution is -2.27. The molecule has 5 heteroatoms. The van der Waals surface area contributed by atoms with Crippen molar-refractivity contribution in [2.24, 2.45) is 0 Å². The van der Waals surface area contributed by atoms with Crippen LogP contribution >= 0.6 is 0 Å². The smallest absolute Gasteiger partial charge is 0.339 e. The first-order chi connectivity index (χ1) is 8.95. The summed E-state index contributed by atoms with van der Waals surface area (Å²) >= 11 is 0. The van der Waals surface area contributed by atoms with E-state index in [1.54, 1.807) is 24.3 Å². The van der Waals surface area contributed by atoms with E-state index in [0.29, 0.717) is 11.1 Å². The summed E-state index contributed by atoms with van der Waals surface area (Å²) in [6, 6.07) is 6.76. The molecule has 1 aliphatic rings. The van der Waals surface area contributed by atoms with Gasteiger partial charge in [0.1, 0.15) is 5.60 Å². The van der Waals surface area contributed by atoms with Crippen LogP contribution in [0.5, 0.6) is 0 Å². The lowest BCUT2D eigenvalue weighted by Gasteiger charge is -2.21. The van der Waals surface area contributed by atoms with Crippen LogP contribution < -0.4 is 0 Å². The molecule has 0 amide bonds. The molecule has 2 rings (SSSR count). The molecule has 0 fully saturated rings. The highest BCUT2D eigenvalue weighted by atomic mass is 16.5. The Morgan fingerprint density at radius 2 is 1.68 bits per heavy atom. The van der Waals surface area contributed by atoms with Crippen molar-refractivity contribution in [1.82, 2.24) is 0 Å². The third kappa shape index (κ3) is 1.82. The zero-order valence-electron chi connectivity index (χ0n) is 10.9. The number of hydrogen-bond acceptors (Lipinski definition) is 5. The molecule has 1 aromatic carbocycles. The van der Waals surface area contributed by atoms with E-state index in [0.717, 1.165) is 0 Å². The molecule has 1 atom stereocenters. The third-order valence-corrected chi connectivity index (χ3v) is 3.24. The van der Waals surface area contributed by atoms with E-state index in [-0.39, 0.29) is 11.1 Å². The maximum atomic E-state index is 11.9. The third-order valence-electron chi connectivity index (χ3n) is 3.24. The molecule has 0 saturated heterocycles. The molecule has 0 saturated carbocycles. The van der Waals surface area contributed by atoms with Gasteiger partial charge in [0.05, 0.1) is 25.4 Å². The molecular weight excluding hydrogens is 248 g/mol. The minimum atomic E-state index is -1.58. The Kier molecular flexibility index (Phi) is 3.16. The minimum absolute atomic E-state index is 0.0509. The van der Waals surface area contributed by atoms with Crippen LogP contribution in [0.25, 0.3) is 5.57 Å². The molecule has 19 heavy (non-hydrogen) atoms. The Hall–Kier alpha value is -2.14. The van der Waals surface area contributed by atoms with Crippen LogP contribution in [0.3, 0.4) is 0 Å². The van der Waals surface area contributed by atoms with E-state index in [1.165, 1.54) is 21.1 Å². The zero-order chi connectivity index (χ0) is 14.2. The second-order valence-corrected chi connectivity index (χ2v) is 4.35. The summed E-state index contributed by atoms with van der Waals surface area (Å²) in [5.74, 6) is -1.42. The molecule has 0 spiro atoms. The number of ether oxygens (including phenoxy) is 2. The molecule has 0 radical (unpaired) electrons. The van der Waals surface area contributed by atoms with Gasteiger partial charge in [0, 0.05) is 0 Å². The largest absolute Gasteiger partial charge is 0.466 e. The average Bonchev–Trinajstić information content (AvgIpc) is 2.66. The van der Waals surface area contributed by atoms with Gasteiger partial charge in [0.2, 0.25) is 0 Å². The summed E-state index contributed by atoms with van der Waals surface area (Å²) in [4.78, 5) is 23.8. The van der Waals surface area contributed by atoms with Crippen molar-refractivity contribution in [2.45, 2.75) is 12.5 Å². The number of benzene rings is 1. The molecule has 1 N–H and O–H groups in total. The highest BCUT2D eigenvalue weighted by Crippen LogP contribution is 2.45. The van der Waals surface area contributed by atoms with Gasteiger partial charge in [-0.25, -0.2) is 9.59 Å². The number of fused-ring (bicyclic) bond motifs is 1. The number of aliphatic hydroxyl groups is 1. The first kappa shape index (κ1) is 13.3. The Morgan fingerprint density at radius 3 is 2.26 bits per heavy atom. The van der Waals surface area contributed by atoms with Gasteiger partial charge >= 0.3 is 11.9 Å². The first-order valence-corrected chi connectivity index (χ1v) is 5.68. The van der Waals surface area contributed by atoms with Crippen molar-refractivity contribution in [3.63, 3.8) is 0 Å². The van der Waals surface area contributed by atoms with Gasteiger partial charge in [-0.15, -0.1) is 0 Å². The summed E-state index contributed by atoms with van der Waals surface area (Å²) in [6.45, 7) is 1.45. The number of carbonyl (C=O) groups excluding carboxylic acids is 2. The monoisotopic (exact) mass is 262 g/mol. The van der Waals surface area contributed by atoms with E-state index >= 15 is 0 Å². The lowest BCUT2D eigenvalue weighted by molar-refractivity contribution is -0.139. The summed E-state index contributed by atoms with van der Waals surface area (Å²) in [5, 5.41) is 10.6. The molecule has 0 heterocycles. The molecule has 1 aromatic rings. The Balaban J connectivity index is 2.76. The van der Waals surface area contributed by atoms with Crippen molar-refractivity contribution in [2.75, 3.05) is 14.2 Å². The van der Waals surface area contributed by atoms with E-state index < -0.39 is 17.5 Å². The second-order valence-electron chi connectivity index (χ2n) is 4.35. The number of carbonyl (C=O) groups is 2. The van der Waals surface area contributed by atoms with Crippen molar-refractivity contribution in [3.05, 3.63) is 41.0 Å². The molecule has 0 aromatic heterocycles. The quantitative estimate of drug-likeness (QED) is 0.805. The topological polar surface area (TPSA) is 72.8 Å². The van der Waals surface area contributed by atoms with E-state index in [9.17, 15) is 14.7 Å². The fourth-order valence-electron chi connectivity index (χ4n) is 2.36. The van der Waals surface area contributed by atoms with Crippen molar-refractivity contribution >= 4 is 17.5 Å². The summed E-state index contributed by atoms with van der Waals surface area (Å²) in [6.07, 6.45) is 0. The normalized spacial score (nSPS) is 21.1. The molecule has 1 unspecified atom stereocenters. The molecule has 0 aliphatic heterocycles. The fraction of sp³-hybridized carbons (Fsp3) is 0.286. The average molecular weight is 262 g/mol. The van der Waals surface area contributed by atoms with E-state index in [1.807, 2.05) is 0 Å². The SMILES string of the molecule is COC(=O)C1=C(C(=O)OC)C(C)(O)c2ccccc21. The number of hydrogen-bond donors (Lipinski definition) is 1.